The zero-order valence-electron chi connectivity index (χ0n) is 11.9. The largest absolute Gasteiger partial charge is 0.396 e. The van der Waals surface area contributed by atoms with Crippen LogP contribution in [0.4, 0.5) is 0 Å². The van der Waals surface area contributed by atoms with Crippen LogP contribution in [0.15, 0.2) is 0 Å². The molecule has 2 amide bonds. The summed E-state index contributed by atoms with van der Waals surface area (Å²) in [5.41, 5.74) is 0.120. The Balaban J connectivity index is 1.59. The maximum Gasteiger partial charge on any atom is 0.243 e. The number of hydrogen-bond acceptors (Lipinski definition) is 4. The standard InChI is InChI=1S/C14H22N2O3S/c1-13-3-2-11(18)16(13)10(8-20-13)12(19)15-9-14(4-5-14)6-7-17/h10,17H,2-9H2,1H3,(H,15,19). The van der Waals surface area contributed by atoms with E-state index < -0.39 is 0 Å². The van der Waals surface area contributed by atoms with Gasteiger partial charge in [-0.25, -0.2) is 0 Å². The third-order valence-corrected chi connectivity index (χ3v) is 6.49. The predicted molar refractivity (Wildman–Crippen MR) is 77.1 cm³/mol. The third kappa shape index (κ3) is 2.33. The Morgan fingerprint density at radius 3 is 2.90 bits per heavy atom. The van der Waals surface area contributed by atoms with Crippen molar-refractivity contribution < 1.29 is 14.7 Å². The van der Waals surface area contributed by atoms with Gasteiger partial charge in [0, 0.05) is 25.3 Å². The fourth-order valence-corrected chi connectivity index (χ4v) is 4.77. The second-order valence-electron chi connectivity index (χ2n) is 6.46. The van der Waals surface area contributed by atoms with Gasteiger partial charge >= 0.3 is 0 Å². The smallest absolute Gasteiger partial charge is 0.243 e. The Morgan fingerprint density at radius 1 is 1.50 bits per heavy atom. The van der Waals surface area contributed by atoms with E-state index in [1.54, 1.807) is 16.7 Å². The van der Waals surface area contributed by atoms with E-state index in [1.165, 1.54) is 0 Å². The number of thioether (sulfide) groups is 1. The lowest BCUT2D eigenvalue weighted by Gasteiger charge is -2.30. The summed E-state index contributed by atoms with van der Waals surface area (Å²) in [6.45, 7) is 2.87. The second-order valence-corrected chi connectivity index (χ2v) is 7.96. The lowest BCUT2D eigenvalue weighted by atomic mass is 10.0. The van der Waals surface area contributed by atoms with Crippen molar-refractivity contribution in [1.29, 1.82) is 0 Å². The molecule has 1 aliphatic carbocycles. The van der Waals surface area contributed by atoms with Crippen LogP contribution in [0.1, 0.15) is 39.0 Å². The van der Waals surface area contributed by atoms with E-state index in [-0.39, 0.29) is 34.7 Å². The maximum atomic E-state index is 12.4. The van der Waals surface area contributed by atoms with Crippen LogP contribution in [0, 0.1) is 5.41 Å². The summed E-state index contributed by atoms with van der Waals surface area (Å²) >= 11 is 1.72. The van der Waals surface area contributed by atoms with Crippen LogP contribution < -0.4 is 5.32 Å². The van der Waals surface area contributed by atoms with Gasteiger partial charge in [0.25, 0.3) is 0 Å². The summed E-state index contributed by atoms with van der Waals surface area (Å²) in [4.78, 5) is 26.0. The van der Waals surface area contributed by atoms with Crippen LogP contribution in [-0.2, 0) is 9.59 Å². The molecule has 2 aliphatic heterocycles. The molecule has 2 atom stereocenters. The van der Waals surface area contributed by atoms with E-state index in [0.29, 0.717) is 18.7 Å². The highest BCUT2D eigenvalue weighted by Crippen LogP contribution is 2.49. The van der Waals surface area contributed by atoms with Crippen molar-refractivity contribution in [2.24, 2.45) is 5.41 Å². The Kier molecular flexibility index (Phi) is 3.49. The summed E-state index contributed by atoms with van der Waals surface area (Å²) in [6, 6.07) is -0.315. The number of carbonyl (C=O) groups excluding carboxylic acids is 2. The Bertz CT molecular complexity index is 438. The van der Waals surface area contributed by atoms with Crippen LogP contribution in [0.2, 0.25) is 0 Å². The van der Waals surface area contributed by atoms with Crippen molar-refractivity contribution in [2.75, 3.05) is 18.9 Å². The molecule has 2 heterocycles. The number of fused-ring (bicyclic) bond motifs is 1. The number of hydrogen-bond donors (Lipinski definition) is 2. The van der Waals surface area contributed by atoms with Gasteiger partial charge in [0.15, 0.2) is 0 Å². The van der Waals surface area contributed by atoms with Crippen molar-refractivity contribution in [3.8, 4) is 0 Å². The second kappa shape index (κ2) is 4.91. The van der Waals surface area contributed by atoms with E-state index in [2.05, 4.69) is 12.2 Å². The normalized spacial score (nSPS) is 34.2. The van der Waals surface area contributed by atoms with E-state index >= 15 is 0 Å². The van der Waals surface area contributed by atoms with E-state index in [4.69, 9.17) is 5.11 Å². The molecule has 0 aromatic rings. The van der Waals surface area contributed by atoms with Gasteiger partial charge in [-0.1, -0.05) is 0 Å². The molecule has 0 aromatic carbocycles. The van der Waals surface area contributed by atoms with Crippen LogP contribution in [-0.4, -0.2) is 51.6 Å². The van der Waals surface area contributed by atoms with Crippen molar-refractivity contribution in [3.63, 3.8) is 0 Å². The summed E-state index contributed by atoms with van der Waals surface area (Å²) in [7, 11) is 0. The first-order valence-electron chi connectivity index (χ1n) is 7.34. The van der Waals surface area contributed by atoms with Crippen molar-refractivity contribution in [3.05, 3.63) is 0 Å². The van der Waals surface area contributed by atoms with E-state index in [9.17, 15) is 9.59 Å². The first-order valence-corrected chi connectivity index (χ1v) is 8.33. The molecule has 0 aromatic heterocycles. The quantitative estimate of drug-likeness (QED) is 0.785. The van der Waals surface area contributed by atoms with Gasteiger partial charge < -0.3 is 15.3 Å². The number of aliphatic hydroxyl groups is 1. The fourth-order valence-electron chi connectivity index (χ4n) is 3.34. The van der Waals surface area contributed by atoms with E-state index in [1.807, 2.05) is 0 Å². The topological polar surface area (TPSA) is 69.6 Å². The number of aliphatic hydroxyl groups excluding tert-OH is 1. The van der Waals surface area contributed by atoms with Gasteiger partial charge in [-0.05, 0) is 38.0 Å². The summed E-state index contributed by atoms with van der Waals surface area (Å²) in [6.07, 6.45) is 4.31. The highest BCUT2D eigenvalue weighted by Gasteiger charge is 2.53. The summed E-state index contributed by atoms with van der Waals surface area (Å²) < 4.78 is 0. The molecule has 1 saturated carbocycles. The van der Waals surface area contributed by atoms with Gasteiger partial charge in [0.05, 0.1) is 4.87 Å². The molecule has 6 heteroatoms. The Morgan fingerprint density at radius 2 is 2.25 bits per heavy atom. The molecule has 112 valence electrons. The first kappa shape index (κ1) is 14.2. The first-order chi connectivity index (χ1) is 9.50. The molecule has 3 rings (SSSR count). The number of nitrogens with zero attached hydrogens (tertiary/aromatic N) is 1. The summed E-state index contributed by atoms with van der Waals surface area (Å²) in [5.74, 6) is 0.774. The van der Waals surface area contributed by atoms with Gasteiger partial charge in [-0.3, -0.25) is 9.59 Å². The molecule has 5 nitrogen and oxygen atoms in total. The number of rotatable bonds is 5. The molecule has 0 radical (unpaired) electrons. The molecule has 2 unspecified atom stereocenters. The molecule has 20 heavy (non-hydrogen) atoms. The summed E-state index contributed by atoms with van der Waals surface area (Å²) in [5, 5.41) is 12.0. The minimum atomic E-state index is -0.315. The zero-order valence-corrected chi connectivity index (χ0v) is 12.7. The molecule has 0 bridgehead atoms. The van der Waals surface area contributed by atoms with Crippen molar-refractivity contribution in [1.82, 2.24) is 10.2 Å². The van der Waals surface area contributed by atoms with Crippen LogP contribution in [0.5, 0.6) is 0 Å². The molecule has 2 N–H and O–H groups in total. The molecular formula is C14H22N2O3S. The average Bonchev–Trinajstić information content (AvgIpc) is 3.00. The van der Waals surface area contributed by atoms with Crippen molar-refractivity contribution in [2.45, 2.75) is 49.9 Å². The third-order valence-electron chi connectivity index (χ3n) is 4.98. The molecule has 2 saturated heterocycles. The van der Waals surface area contributed by atoms with E-state index in [0.717, 1.165) is 25.7 Å². The maximum absolute atomic E-state index is 12.4. The van der Waals surface area contributed by atoms with Crippen LogP contribution >= 0.6 is 11.8 Å². The number of carbonyl (C=O) groups is 2. The molecule has 3 fully saturated rings. The molecule has 0 spiro atoms. The average molecular weight is 298 g/mol. The lowest BCUT2D eigenvalue weighted by Crippen LogP contribution is -2.50. The predicted octanol–water partition coefficient (Wildman–Crippen LogP) is 0.719. The van der Waals surface area contributed by atoms with Gasteiger partial charge in [0.2, 0.25) is 11.8 Å². The van der Waals surface area contributed by atoms with Crippen molar-refractivity contribution >= 4 is 23.6 Å². The Hall–Kier alpha value is -0.750. The van der Waals surface area contributed by atoms with Gasteiger partial charge in [-0.2, -0.15) is 0 Å². The minimum absolute atomic E-state index is 0.0271. The molecular weight excluding hydrogens is 276 g/mol. The highest BCUT2D eigenvalue weighted by atomic mass is 32.2. The van der Waals surface area contributed by atoms with Crippen LogP contribution in [0.25, 0.3) is 0 Å². The van der Waals surface area contributed by atoms with Gasteiger partial charge in [-0.15, -0.1) is 11.8 Å². The fraction of sp³-hybridized carbons (Fsp3) is 0.857. The van der Waals surface area contributed by atoms with Gasteiger partial charge in [0.1, 0.15) is 6.04 Å². The van der Waals surface area contributed by atoms with Crippen LogP contribution in [0.3, 0.4) is 0 Å². The highest BCUT2D eigenvalue weighted by molar-refractivity contribution is 8.01. The minimum Gasteiger partial charge on any atom is -0.396 e. The SMILES string of the molecule is CC12CCC(=O)N1C(C(=O)NCC1(CCO)CC1)CS2. The number of nitrogens with one attached hydrogen (secondary N) is 1. The zero-order chi connectivity index (χ0) is 14.4. The monoisotopic (exact) mass is 298 g/mol. The number of amides is 2. The Labute approximate surface area is 123 Å². The lowest BCUT2D eigenvalue weighted by molar-refractivity contribution is -0.138. The molecule has 3 aliphatic rings.